The fourth-order valence-electron chi connectivity index (χ4n) is 3.07. The first-order valence-electron chi connectivity index (χ1n) is 9.45. The van der Waals surface area contributed by atoms with Gasteiger partial charge in [-0.15, -0.1) is 0 Å². The van der Waals surface area contributed by atoms with E-state index in [9.17, 15) is 18.5 Å². The van der Waals surface area contributed by atoms with Crippen LogP contribution in [0.25, 0.3) is 0 Å². The lowest BCUT2D eigenvalue weighted by molar-refractivity contribution is -0.384. The van der Waals surface area contributed by atoms with Gasteiger partial charge in [0.25, 0.3) is 5.69 Å². The smallest absolute Gasteiger partial charge is 0.271 e. The maximum atomic E-state index is 12.9. The number of non-ortho nitro benzene ring substituents is 1. The molecule has 1 saturated heterocycles. The standard InChI is InChI=1S/C19H21ClN4O5S2/c1-2-29-15-4-6-16(7-5-15)31(27,28)23-11-9-22(10-12-23)19(30)21-18-13-14(24(25)26)3-8-17(18)20/h3-8,13H,2,9-12H2,1H3,(H,21,30). The Morgan fingerprint density at radius 1 is 1.19 bits per heavy atom. The highest BCUT2D eigenvalue weighted by Crippen LogP contribution is 2.27. The number of piperazine rings is 1. The van der Waals surface area contributed by atoms with Gasteiger partial charge in [-0.05, 0) is 49.5 Å². The minimum Gasteiger partial charge on any atom is -0.494 e. The summed E-state index contributed by atoms with van der Waals surface area (Å²) in [5.41, 5.74) is 0.214. The Kier molecular flexibility index (Phi) is 7.31. The summed E-state index contributed by atoms with van der Waals surface area (Å²) in [7, 11) is -3.63. The molecule has 0 radical (unpaired) electrons. The van der Waals surface area contributed by atoms with Gasteiger partial charge in [0.2, 0.25) is 10.0 Å². The number of ether oxygens (including phenoxy) is 1. The van der Waals surface area contributed by atoms with Crippen molar-refractivity contribution in [3.05, 3.63) is 57.6 Å². The molecule has 0 unspecified atom stereocenters. The van der Waals surface area contributed by atoms with Gasteiger partial charge in [0, 0.05) is 38.3 Å². The van der Waals surface area contributed by atoms with Crippen LogP contribution in [0.3, 0.4) is 0 Å². The zero-order valence-corrected chi connectivity index (χ0v) is 19.0. The molecule has 1 fully saturated rings. The van der Waals surface area contributed by atoms with Gasteiger partial charge in [0.1, 0.15) is 5.75 Å². The predicted molar refractivity (Wildman–Crippen MR) is 122 cm³/mol. The van der Waals surface area contributed by atoms with Crippen molar-refractivity contribution in [1.29, 1.82) is 0 Å². The van der Waals surface area contributed by atoms with E-state index in [1.165, 1.54) is 34.6 Å². The summed E-state index contributed by atoms with van der Waals surface area (Å²) in [4.78, 5) is 12.5. The van der Waals surface area contributed by atoms with Gasteiger partial charge in [-0.1, -0.05) is 11.6 Å². The summed E-state index contributed by atoms with van der Waals surface area (Å²) in [6.07, 6.45) is 0. The number of rotatable bonds is 6. The molecule has 2 aromatic carbocycles. The quantitative estimate of drug-likeness (QED) is 0.378. The topological polar surface area (TPSA) is 105 Å². The molecule has 1 aliphatic rings. The van der Waals surface area contributed by atoms with Crippen LogP contribution in [0.4, 0.5) is 11.4 Å². The molecule has 0 bridgehead atoms. The van der Waals surface area contributed by atoms with Crippen LogP contribution in [0.2, 0.25) is 5.02 Å². The number of anilines is 1. The number of thiocarbonyl (C=S) groups is 1. The van der Waals surface area contributed by atoms with Crippen molar-refractivity contribution in [1.82, 2.24) is 9.21 Å². The Morgan fingerprint density at radius 2 is 1.84 bits per heavy atom. The SMILES string of the molecule is CCOc1ccc(S(=O)(=O)N2CCN(C(=S)Nc3cc([N+](=O)[O-])ccc3Cl)CC2)cc1. The molecule has 0 spiro atoms. The molecule has 0 saturated carbocycles. The van der Waals surface area contributed by atoms with Gasteiger partial charge < -0.3 is 15.0 Å². The monoisotopic (exact) mass is 484 g/mol. The first kappa shape index (κ1) is 23.2. The Morgan fingerprint density at radius 3 is 2.42 bits per heavy atom. The van der Waals surface area contributed by atoms with E-state index in [1.54, 1.807) is 17.0 Å². The molecule has 1 N–H and O–H groups in total. The zero-order valence-electron chi connectivity index (χ0n) is 16.7. The molecule has 166 valence electrons. The Bertz CT molecular complexity index is 1070. The fraction of sp³-hybridized carbons (Fsp3) is 0.316. The molecule has 0 amide bonds. The number of halogens is 1. The molecule has 0 atom stereocenters. The van der Waals surface area contributed by atoms with E-state index in [0.29, 0.717) is 41.3 Å². The average molecular weight is 485 g/mol. The van der Waals surface area contributed by atoms with Crippen molar-refractivity contribution in [3.63, 3.8) is 0 Å². The molecular weight excluding hydrogens is 464 g/mol. The summed E-state index contributed by atoms with van der Waals surface area (Å²) in [6, 6.07) is 10.4. The average Bonchev–Trinajstić information content (AvgIpc) is 2.76. The molecule has 1 heterocycles. The van der Waals surface area contributed by atoms with Gasteiger partial charge in [0.15, 0.2) is 5.11 Å². The van der Waals surface area contributed by atoms with Crippen molar-refractivity contribution in [2.24, 2.45) is 0 Å². The molecule has 0 aliphatic carbocycles. The van der Waals surface area contributed by atoms with Crippen LogP contribution in [0, 0.1) is 10.1 Å². The Hall–Kier alpha value is -2.47. The minimum absolute atomic E-state index is 0.110. The van der Waals surface area contributed by atoms with Gasteiger partial charge >= 0.3 is 0 Å². The summed E-state index contributed by atoms with van der Waals surface area (Å²) in [5, 5.41) is 14.5. The second-order valence-electron chi connectivity index (χ2n) is 6.65. The number of hydrogen-bond acceptors (Lipinski definition) is 6. The van der Waals surface area contributed by atoms with Gasteiger partial charge in [-0.3, -0.25) is 10.1 Å². The van der Waals surface area contributed by atoms with Gasteiger partial charge in [0.05, 0.1) is 27.1 Å². The first-order chi connectivity index (χ1) is 14.7. The fourth-order valence-corrected chi connectivity index (χ4v) is 4.95. The number of benzene rings is 2. The number of hydrogen-bond donors (Lipinski definition) is 1. The van der Waals surface area contributed by atoms with Gasteiger partial charge in [-0.25, -0.2) is 8.42 Å². The van der Waals surface area contributed by atoms with E-state index in [2.05, 4.69) is 5.32 Å². The molecule has 12 heteroatoms. The van der Waals surface area contributed by atoms with E-state index >= 15 is 0 Å². The molecular formula is C19H21ClN4O5S2. The van der Waals surface area contributed by atoms with Crippen LogP contribution in [0.5, 0.6) is 5.75 Å². The molecule has 3 rings (SSSR count). The lowest BCUT2D eigenvalue weighted by atomic mass is 10.3. The van der Waals surface area contributed by atoms with E-state index in [-0.39, 0.29) is 23.7 Å². The zero-order chi connectivity index (χ0) is 22.6. The van der Waals surface area contributed by atoms with Crippen LogP contribution < -0.4 is 10.1 Å². The number of sulfonamides is 1. The van der Waals surface area contributed by atoms with E-state index in [1.807, 2.05) is 6.92 Å². The van der Waals surface area contributed by atoms with Crippen molar-refractivity contribution >= 4 is 50.3 Å². The van der Waals surface area contributed by atoms with Crippen LogP contribution in [-0.2, 0) is 10.0 Å². The highest BCUT2D eigenvalue weighted by Gasteiger charge is 2.29. The van der Waals surface area contributed by atoms with Crippen LogP contribution in [0.15, 0.2) is 47.4 Å². The lowest BCUT2D eigenvalue weighted by Crippen LogP contribution is -2.51. The van der Waals surface area contributed by atoms with Crippen LogP contribution in [-0.4, -0.2) is 60.4 Å². The second-order valence-corrected chi connectivity index (χ2v) is 9.38. The van der Waals surface area contributed by atoms with Crippen LogP contribution in [0.1, 0.15) is 6.92 Å². The molecule has 31 heavy (non-hydrogen) atoms. The molecule has 1 aliphatic heterocycles. The highest BCUT2D eigenvalue weighted by molar-refractivity contribution is 7.89. The third kappa shape index (κ3) is 5.42. The Balaban J connectivity index is 1.63. The maximum Gasteiger partial charge on any atom is 0.271 e. The molecule has 2 aromatic rings. The van der Waals surface area contributed by atoms with E-state index < -0.39 is 14.9 Å². The van der Waals surface area contributed by atoms with Crippen molar-refractivity contribution in [3.8, 4) is 5.75 Å². The third-order valence-corrected chi connectivity index (χ3v) is 7.30. The van der Waals surface area contributed by atoms with E-state index in [4.69, 9.17) is 28.6 Å². The lowest BCUT2D eigenvalue weighted by Gasteiger charge is -2.35. The van der Waals surface area contributed by atoms with E-state index in [0.717, 1.165) is 0 Å². The van der Waals surface area contributed by atoms with Crippen LogP contribution >= 0.6 is 23.8 Å². The summed E-state index contributed by atoms with van der Waals surface area (Å²) in [5.74, 6) is 0.613. The minimum atomic E-state index is -3.63. The largest absolute Gasteiger partial charge is 0.494 e. The summed E-state index contributed by atoms with van der Waals surface area (Å²) < 4.78 is 32.6. The van der Waals surface area contributed by atoms with Crippen molar-refractivity contribution < 1.29 is 18.1 Å². The highest BCUT2D eigenvalue weighted by atomic mass is 35.5. The van der Waals surface area contributed by atoms with Gasteiger partial charge in [-0.2, -0.15) is 4.31 Å². The number of nitrogens with one attached hydrogen (secondary N) is 1. The normalized spacial score (nSPS) is 14.8. The Labute approximate surface area is 190 Å². The number of nitro groups is 1. The number of nitrogens with zero attached hydrogens (tertiary/aromatic N) is 3. The summed E-state index contributed by atoms with van der Waals surface area (Å²) in [6.45, 7) is 3.60. The molecule has 9 nitrogen and oxygen atoms in total. The van der Waals surface area contributed by atoms with Crippen molar-refractivity contribution in [2.75, 3.05) is 38.1 Å². The predicted octanol–water partition coefficient (Wildman–Crippen LogP) is 3.35. The summed E-state index contributed by atoms with van der Waals surface area (Å²) >= 11 is 11.5. The second kappa shape index (κ2) is 9.77. The molecule has 0 aromatic heterocycles. The van der Waals surface area contributed by atoms with Crippen molar-refractivity contribution in [2.45, 2.75) is 11.8 Å². The number of nitro benzene ring substituents is 1. The third-order valence-electron chi connectivity index (χ3n) is 4.70. The maximum absolute atomic E-state index is 12.9. The first-order valence-corrected chi connectivity index (χ1v) is 11.7.